The number of thioether (sulfide) groups is 1. The van der Waals surface area contributed by atoms with E-state index in [9.17, 15) is 13.6 Å². The van der Waals surface area contributed by atoms with Gasteiger partial charge in [0.15, 0.2) is 6.61 Å². The second kappa shape index (κ2) is 8.54. The summed E-state index contributed by atoms with van der Waals surface area (Å²) in [4.78, 5) is 14.1. The minimum atomic E-state index is -0.439. The van der Waals surface area contributed by atoms with Gasteiger partial charge in [-0.1, -0.05) is 17.7 Å². The van der Waals surface area contributed by atoms with E-state index in [1.807, 2.05) is 31.2 Å². The number of nitrogens with zero attached hydrogens (tertiary/aromatic N) is 1. The topological polar surface area (TPSA) is 29.5 Å². The molecule has 3 rings (SSSR count). The van der Waals surface area contributed by atoms with Gasteiger partial charge < -0.3 is 9.64 Å². The molecule has 1 saturated heterocycles. The smallest absolute Gasteiger partial charge is 0.260 e. The fourth-order valence-corrected chi connectivity index (χ4v) is 4.14. The van der Waals surface area contributed by atoms with Crippen LogP contribution in [0.25, 0.3) is 0 Å². The number of aryl methyl sites for hydroxylation is 1. The van der Waals surface area contributed by atoms with Crippen LogP contribution in [0.2, 0.25) is 0 Å². The van der Waals surface area contributed by atoms with Crippen molar-refractivity contribution in [3.05, 3.63) is 65.2 Å². The summed E-state index contributed by atoms with van der Waals surface area (Å²) in [6.45, 7) is 3.05. The lowest BCUT2D eigenvalue weighted by Crippen LogP contribution is -2.36. The highest BCUT2D eigenvalue weighted by molar-refractivity contribution is 7.99. The maximum absolute atomic E-state index is 14.0. The summed E-state index contributed by atoms with van der Waals surface area (Å²) in [5, 5.41) is -0.151. The van der Waals surface area contributed by atoms with Crippen LogP contribution in [0.3, 0.4) is 0 Å². The molecular formula is C20H21F2NO2S. The second-order valence-electron chi connectivity index (χ2n) is 6.30. The summed E-state index contributed by atoms with van der Waals surface area (Å²) in [5.41, 5.74) is 1.50. The molecule has 1 unspecified atom stereocenters. The van der Waals surface area contributed by atoms with Gasteiger partial charge in [-0.2, -0.15) is 11.8 Å². The third kappa shape index (κ3) is 4.75. The van der Waals surface area contributed by atoms with Gasteiger partial charge in [0, 0.05) is 29.7 Å². The first-order chi connectivity index (χ1) is 12.5. The van der Waals surface area contributed by atoms with Crippen molar-refractivity contribution < 1.29 is 18.3 Å². The van der Waals surface area contributed by atoms with Gasteiger partial charge >= 0.3 is 0 Å². The van der Waals surface area contributed by atoms with Crippen LogP contribution in [0.15, 0.2) is 42.5 Å². The predicted molar refractivity (Wildman–Crippen MR) is 99.4 cm³/mol. The van der Waals surface area contributed by atoms with Crippen molar-refractivity contribution in [3.63, 3.8) is 0 Å². The highest BCUT2D eigenvalue weighted by Crippen LogP contribution is 2.36. The van der Waals surface area contributed by atoms with Gasteiger partial charge in [0.25, 0.3) is 5.91 Å². The molecule has 2 aromatic rings. The van der Waals surface area contributed by atoms with E-state index in [1.54, 1.807) is 16.7 Å². The third-order valence-electron chi connectivity index (χ3n) is 4.38. The third-order valence-corrected chi connectivity index (χ3v) is 5.69. The zero-order valence-corrected chi connectivity index (χ0v) is 15.4. The average Bonchev–Trinajstić information content (AvgIpc) is 2.89. The molecule has 2 aromatic carbocycles. The van der Waals surface area contributed by atoms with E-state index in [0.717, 1.165) is 17.7 Å². The maximum Gasteiger partial charge on any atom is 0.260 e. The Morgan fingerprint density at radius 1 is 1.19 bits per heavy atom. The highest BCUT2D eigenvalue weighted by Gasteiger charge is 2.24. The SMILES string of the molecule is Cc1ccc(OCC(=O)N2CCSC(c3cc(F)ccc3F)CC2)cc1. The number of amides is 1. The van der Waals surface area contributed by atoms with E-state index in [1.165, 1.54) is 6.07 Å². The first kappa shape index (κ1) is 18.7. The number of benzene rings is 2. The second-order valence-corrected chi connectivity index (χ2v) is 7.61. The predicted octanol–water partition coefficient (Wildman–Crippen LogP) is 4.36. The lowest BCUT2D eigenvalue weighted by Gasteiger charge is -2.20. The van der Waals surface area contributed by atoms with Crippen LogP contribution in [0, 0.1) is 18.6 Å². The Morgan fingerprint density at radius 2 is 1.96 bits per heavy atom. The minimum Gasteiger partial charge on any atom is -0.484 e. The Morgan fingerprint density at radius 3 is 2.73 bits per heavy atom. The maximum atomic E-state index is 14.0. The number of rotatable bonds is 4. The molecule has 26 heavy (non-hydrogen) atoms. The zero-order chi connectivity index (χ0) is 18.5. The van der Waals surface area contributed by atoms with E-state index in [-0.39, 0.29) is 17.8 Å². The van der Waals surface area contributed by atoms with Crippen LogP contribution in [0.5, 0.6) is 5.75 Å². The van der Waals surface area contributed by atoms with Crippen LogP contribution in [0.4, 0.5) is 8.78 Å². The van der Waals surface area contributed by atoms with Gasteiger partial charge in [-0.15, -0.1) is 0 Å². The molecule has 1 amide bonds. The van der Waals surface area contributed by atoms with Crippen LogP contribution in [-0.4, -0.2) is 36.3 Å². The van der Waals surface area contributed by atoms with E-state index in [0.29, 0.717) is 36.6 Å². The molecule has 1 atom stereocenters. The monoisotopic (exact) mass is 377 g/mol. The van der Waals surface area contributed by atoms with Gasteiger partial charge in [0.2, 0.25) is 0 Å². The molecule has 1 heterocycles. The van der Waals surface area contributed by atoms with E-state index in [2.05, 4.69) is 0 Å². The molecule has 138 valence electrons. The first-order valence-corrected chi connectivity index (χ1v) is 9.61. The van der Waals surface area contributed by atoms with Crippen molar-refractivity contribution >= 4 is 17.7 Å². The molecule has 0 radical (unpaired) electrons. The Kier molecular flexibility index (Phi) is 6.14. The molecule has 0 spiro atoms. The number of carbonyl (C=O) groups excluding carboxylic acids is 1. The Bertz CT molecular complexity index is 767. The van der Waals surface area contributed by atoms with Crippen molar-refractivity contribution in [2.24, 2.45) is 0 Å². The molecule has 0 aliphatic carbocycles. The summed E-state index contributed by atoms with van der Waals surface area (Å²) in [6.07, 6.45) is 0.585. The number of hydrogen-bond donors (Lipinski definition) is 0. The van der Waals surface area contributed by atoms with E-state index in [4.69, 9.17) is 4.74 Å². The minimum absolute atomic E-state index is 0.0211. The largest absolute Gasteiger partial charge is 0.484 e. The van der Waals surface area contributed by atoms with Gasteiger partial charge in [-0.05, 0) is 43.7 Å². The fourth-order valence-electron chi connectivity index (χ4n) is 2.90. The summed E-state index contributed by atoms with van der Waals surface area (Å²) < 4.78 is 33.0. The number of carbonyl (C=O) groups is 1. The summed E-state index contributed by atoms with van der Waals surface area (Å²) in [6, 6.07) is 11.1. The van der Waals surface area contributed by atoms with Crippen LogP contribution in [-0.2, 0) is 4.79 Å². The lowest BCUT2D eigenvalue weighted by molar-refractivity contribution is -0.133. The van der Waals surface area contributed by atoms with Crippen molar-refractivity contribution in [2.75, 3.05) is 25.4 Å². The molecular weight excluding hydrogens is 356 g/mol. The summed E-state index contributed by atoms with van der Waals surface area (Å²) >= 11 is 1.56. The van der Waals surface area contributed by atoms with Crippen molar-refractivity contribution in [2.45, 2.75) is 18.6 Å². The molecule has 0 aromatic heterocycles. The molecule has 0 N–H and O–H groups in total. The van der Waals surface area contributed by atoms with Gasteiger partial charge in [0.05, 0.1) is 0 Å². The lowest BCUT2D eigenvalue weighted by atomic mass is 10.1. The Balaban J connectivity index is 1.56. The van der Waals surface area contributed by atoms with Crippen LogP contribution >= 0.6 is 11.8 Å². The normalized spacial score (nSPS) is 17.7. The molecule has 0 saturated carbocycles. The standard InChI is InChI=1S/C20H21F2NO2S/c1-14-2-5-16(6-3-14)25-13-20(24)23-9-8-19(26-11-10-23)17-12-15(21)4-7-18(17)22/h2-7,12,19H,8-11,13H2,1H3. The van der Waals surface area contributed by atoms with Crippen LogP contribution < -0.4 is 4.74 Å². The Hall–Kier alpha value is -2.08. The Labute approximate surface area is 156 Å². The molecule has 1 aliphatic rings. The number of halogens is 2. The van der Waals surface area contributed by atoms with Gasteiger partial charge in [-0.3, -0.25) is 4.79 Å². The first-order valence-electron chi connectivity index (χ1n) is 8.57. The molecule has 6 heteroatoms. The number of ether oxygens (including phenoxy) is 1. The molecule has 3 nitrogen and oxygen atoms in total. The highest BCUT2D eigenvalue weighted by atomic mass is 32.2. The van der Waals surface area contributed by atoms with Crippen LogP contribution in [0.1, 0.15) is 22.8 Å². The van der Waals surface area contributed by atoms with Gasteiger partial charge in [0.1, 0.15) is 17.4 Å². The molecule has 0 bridgehead atoms. The average molecular weight is 377 g/mol. The van der Waals surface area contributed by atoms with Crippen molar-refractivity contribution in [1.82, 2.24) is 4.90 Å². The quantitative estimate of drug-likeness (QED) is 0.793. The zero-order valence-electron chi connectivity index (χ0n) is 14.6. The number of hydrogen-bond acceptors (Lipinski definition) is 3. The molecule has 1 aliphatic heterocycles. The van der Waals surface area contributed by atoms with Crippen molar-refractivity contribution in [3.8, 4) is 5.75 Å². The fraction of sp³-hybridized carbons (Fsp3) is 0.350. The summed E-state index contributed by atoms with van der Waals surface area (Å²) in [7, 11) is 0. The van der Waals surface area contributed by atoms with Gasteiger partial charge in [-0.25, -0.2) is 8.78 Å². The van der Waals surface area contributed by atoms with E-state index < -0.39 is 11.6 Å². The van der Waals surface area contributed by atoms with E-state index >= 15 is 0 Å². The molecule has 1 fully saturated rings. The van der Waals surface area contributed by atoms with Crippen molar-refractivity contribution in [1.29, 1.82) is 0 Å². The summed E-state index contributed by atoms with van der Waals surface area (Å²) in [5.74, 6) is 0.410.